The maximum Gasteiger partial charge on any atom is 0.235 e. The number of thiophene rings is 4. The lowest BCUT2D eigenvalue weighted by Gasteiger charge is -2.12. The summed E-state index contributed by atoms with van der Waals surface area (Å²) < 4.78 is 25.0. The number of carbonyl (C=O) groups is 3. The molecular formula is C49H59NO6S4Si4. The number of hydrogen-bond donors (Lipinski definition) is 0. The Labute approximate surface area is 397 Å². The molecule has 0 atom stereocenters. The van der Waals surface area contributed by atoms with Crippen molar-refractivity contribution >= 4 is 145 Å². The lowest BCUT2D eigenvalue weighted by atomic mass is 9.96. The minimum Gasteiger partial charge on any atom is -0.497 e. The van der Waals surface area contributed by atoms with E-state index in [0.717, 1.165) is 44.2 Å². The Morgan fingerprint density at radius 2 is 0.938 bits per heavy atom. The van der Waals surface area contributed by atoms with Crippen molar-refractivity contribution < 1.29 is 28.3 Å². The van der Waals surface area contributed by atoms with Crippen LogP contribution in [0.1, 0.15) is 38.5 Å². The average Bonchev–Trinajstić information content (AvgIpc) is 4.06. The van der Waals surface area contributed by atoms with Crippen LogP contribution in [-0.2, 0) is 0 Å². The summed E-state index contributed by atoms with van der Waals surface area (Å²) in [5, 5.41) is 2.47. The number of rotatable bonds is 8. The van der Waals surface area contributed by atoms with Gasteiger partial charge in [0.15, 0.2) is 5.58 Å². The van der Waals surface area contributed by atoms with Crippen molar-refractivity contribution in [2.24, 2.45) is 0 Å². The summed E-state index contributed by atoms with van der Waals surface area (Å²) in [7, 11) is -2.55. The molecule has 1 aliphatic carbocycles. The monoisotopic (exact) mass is 997 g/mol. The maximum absolute atomic E-state index is 12.5. The molecule has 8 aromatic rings. The van der Waals surface area contributed by atoms with E-state index >= 15 is 0 Å². The van der Waals surface area contributed by atoms with Crippen molar-refractivity contribution in [3.63, 3.8) is 0 Å². The Morgan fingerprint density at radius 3 is 1.34 bits per heavy atom. The zero-order valence-corrected chi connectivity index (χ0v) is 45.8. The largest absolute Gasteiger partial charge is 0.497 e. The minimum absolute atomic E-state index is 0. The lowest BCUT2D eigenvalue weighted by molar-refractivity contribution is 0.0816. The molecule has 336 valence electrons. The standard InChI is InChI=1S/C24H27NO2S2Si2.C16H20O2S2Si2.C8H8O2.CH4/c1-26-15-10-8-14(9-11-15)24-25-20-16-12-18(30(2,3)4)28-22(16)23-17(21(20)27-24)13-19(29-23)31(5,6)7;1-21(2,3)11-7-9-13(17)14(18)10-8-12(22(4,5)6)20-16(10)15(9)19-11;1-10-8-4-2-7(6-9)3-5-8;/h8-13H,1-7H3;7-8H,1-6H3;2-6H,1H3;1H4. The molecule has 9 rings (SSSR count). The van der Waals surface area contributed by atoms with Gasteiger partial charge in [-0.2, -0.15) is 0 Å². The number of benzene rings is 3. The molecular weight excluding hydrogens is 939 g/mol. The highest BCUT2D eigenvalue weighted by molar-refractivity contribution is 7.38. The second-order valence-corrected chi connectivity index (χ2v) is 45.7. The summed E-state index contributed by atoms with van der Waals surface area (Å²) in [5.41, 5.74) is 4.84. The van der Waals surface area contributed by atoms with Crippen LogP contribution in [0.4, 0.5) is 0 Å². The fraction of sp³-hybridized carbons (Fsp3) is 0.306. The molecule has 5 aromatic heterocycles. The maximum atomic E-state index is 12.5. The average molecular weight is 999 g/mol. The van der Waals surface area contributed by atoms with Crippen LogP contribution < -0.4 is 27.5 Å². The van der Waals surface area contributed by atoms with Crippen LogP contribution in [0, 0.1) is 0 Å². The van der Waals surface area contributed by atoms with E-state index in [1.807, 2.05) is 59.1 Å². The molecule has 0 fully saturated rings. The molecule has 0 amide bonds. The van der Waals surface area contributed by atoms with E-state index in [-0.39, 0.29) is 19.0 Å². The third-order valence-electron chi connectivity index (χ3n) is 10.7. The normalized spacial score (nSPS) is 12.8. The van der Waals surface area contributed by atoms with E-state index in [1.54, 1.807) is 61.2 Å². The predicted molar refractivity (Wildman–Crippen MR) is 290 cm³/mol. The molecule has 0 bridgehead atoms. The van der Waals surface area contributed by atoms with Crippen LogP contribution in [0.25, 0.3) is 52.5 Å². The van der Waals surface area contributed by atoms with E-state index < -0.39 is 32.3 Å². The van der Waals surface area contributed by atoms with Crippen molar-refractivity contribution in [1.82, 2.24) is 4.98 Å². The number of nitrogens with zero attached hydrogens (tertiary/aromatic N) is 1. The molecule has 1 aliphatic rings. The topological polar surface area (TPSA) is 95.7 Å². The summed E-state index contributed by atoms with van der Waals surface area (Å²) >= 11 is 7.40. The van der Waals surface area contributed by atoms with Crippen molar-refractivity contribution in [2.45, 2.75) is 86.0 Å². The number of aromatic nitrogens is 1. The fourth-order valence-electron chi connectivity index (χ4n) is 6.87. The number of aldehydes is 1. The first-order valence-corrected chi connectivity index (χ1v) is 38.1. The number of ketones is 2. The molecule has 7 nitrogen and oxygen atoms in total. The van der Waals surface area contributed by atoms with Gasteiger partial charge >= 0.3 is 0 Å². The van der Waals surface area contributed by atoms with E-state index in [1.165, 1.54) is 38.2 Å². The molecule has 0 saturated heterocycles. The first kappa shape index (κ1) is 49.4. The number of methoxy groups -OCH3 is 2. The van der Waals surface area contributed by atoms with Gasteiger partial charge in [0.2, 0.25) is 17.5 Å². The smallest absolute Gasteiger partial charge is 0.235 e. The van der Waals surface area contributed by atoms with Gasteiger partial charge in [0, 0.05) is 33.0 Å². The molecule has 0 saturated carbocycles. The first-order chi connectivity index (χ1) is 29.4. The Balaban J connectivity index is 0.000000179. The summed E-state index contributed by atoms with van der Waals surface area (Å²) in [4.78, 5) is 42.2. The van der Waals surface area contributed by atoms with E-state index in [0.29, 0.717) is 22.6 Å². The Morgan fingerprint density at radius 1 is 0.547 bits per heavy atom. The first-order valence-electron chi connectivity index (χ1n) is 20.8. The van der Waals surface area contributed by atoms with Gasteiger partial charge in [-0.15, -0.1) is 45.3 Å². The summed E-state index contributed by atoms with van der Waals surface area (Å²) in [5.74, 6) is 1.64. The van der Waals surface area contributed by atoms with E-state index in [2.05, 4.69) is 90.7 Å². The van der Waals surface area contributed by atoms with Gasteiger partial charge in [0.1, 0.15) is 23.3 Å². The van der Waals surface area contributed by atoms with Crippen molar-refractivity contribution in [3.8, 4) is 32.7 Å². The Hall–Kier alpha value is -4.07. The summed E-state index contributed by atoms with van der Waals surface area (Å²) in [6, 6.07) is 23.6. The summed E-state index contributed by atoms with van der Waals surface area (Å²) in [6.45, 7) is 28.2. The van der Waals surface area contributed by atoms with Crippen LogP contribution in [0.3, 0.4) is 0 Å². The van der Waals surface area contributed by atoms with E-state index in [9.17, 15) is 14.4 Å². The van der Waals surface area contributed by atoms with Gasteiger partial charge in [-0.05, 0) is 90.8 Å². The predicted octanol–water partition coefficient (Wildman–Crippen LogP) is 13.1. The number of fused-ring (bicyclic) bond motifs is 9. The highest BCUT2D eigenvalue weighted by Crippen LogP contribution is 2.43. The second kappa shape index (κ2) is 18.3. The van der Waals surface area contributed by atoms with Crippen LogP contribution >= 0.6 is 45.3 Å². The van der Waals surface area contributed by atoms with Gasteiger partial charge < -0.3 is 13.9 Å². The molecule has 0 unspecified atom stereocenters. The molecule has 3 aromatic carbocycles. The van der Waals surface area contributed by atoms with Crippen molar-refractivity contribution in [3.05, 3.63) is 89.5 Å². The van der Waals surface area contributed by atoms with Gasteiger partial charge in [-0.3, -0.25) is 14.4 Å². The highest BCUT2D eigenvalue weighted by Gasteiger charge is 2.37. The molecule has 0 aliphatic heterocycles. The Kier molecular flexibility index (Phi) is 14.1. The van der Waals surface area contributed by atoms with Crippen LogP contribution in [0.2, 0.25) is 78.6 Å². The number of ether oxygens (including phenoxy) is 2. The summed E-state index contributed by atoms with van der Waals surface area (Å²) in [6.07, 6.45) is 0.805. The van der Waals surface area contributed by atoms with Gasteiger partial charge in [-0.25, -0.2) is 4.98 Å². The number of carbonyl (C=O) groups excluding carboxylic acids is 3. The molecule has 64 heavy (non-hydrogen) atoms. The zero-order chi connectivity index (χ0) is 46.0. The molecule has 0 spiro atoms. The van der Waals surface area contributed by atoms with Gasteiger partial charge in [0.05, 0.1) is 65.7 Å². The minimum atomic E-state index is -1.48. The Bertz CT molecular complexity index is 2860. The third kappa shape index (κ3) is 9.87. The number of Topliss-reactive ketones (excluding diaryl/α,β-unsaturated/α-hetero) is 2. The number of hydrogen-bond acceptors (Lipinski definition) is 11. The molecule has 5 heterocycles. The van der Waals surface area contributed by atoms with Crippen molar-refractivity contribution in [1.29, 1.82) is 0 Å². The quantitative estimate of drug-likeness (QED) is 0.0850. The second-order valence-electron chi connectivity index (χ2n) is 19.9. The number of oxazole rings is 1. The van der Waals surface area contributed by atoms with Crippen LogP contribution in [0.5, 0.6) is 11.5 Å². The third-order valence-corrected chi connectivity index (χ3v) is 29.9. The van der Waals surface area contributed by atoms with Crippen LogP contribution in [0.15, 0.2) is 77.2 Å². The van der Waals surface area contributed by atoms with Gasteiger partial charge in [0.25, 0.3) is 0 Å². The lowest BCUT2D eigenvalue weighted by Crippen LogP contribution is -2.35. The van der Waals surface area contributed by atoms with Crippen LogP contribution in [-0.4, -0.2) is 69.4 Å². The van der Waals surface area contributed by atoms with E-state index in [4.69, 9.17) is 18.9 Å². The molecule has 0 radical (unpaired) electrons. The zero-order valence-electron chi connectivity index (χ0n) is 38.5. The molecule has 0 N–H and O–H groups in total. The van der Waals surface area contributed by atoms with Gasteiger partial charge in [-0.1, -0.05) is 86.0 Å². The molecule has 15 heteroatoms. The SMILES string of the molecule is C.COc1ccc(-c2nc3c4cc([Si](C)(C)C)sc4c4sc([Si](C)(C)C)cc4c3o2)cc1.COc1ccc(C=O)cc1.C[Si](C)(C)c1cc2c(s1)-c1sc([Si](C)(C)C)cc1C(=O)C2=O. The highest BCUT2D eigenvalue weighted by atomic mass is 32.1. The fourth-order valence-corrected chi connectivity index (χ4v) is 19.2. The van der Waals surface area contributed by atoms with Crippen molar-refractivity contribution in [2.75, 3.05) is 14.2 Å².